The van der Waals surface area contributed by atoms with Crippen LogP contribution in [0.2, 0.25) is 0 Å². The molecule has 2 spiro atoms. The lowest BCUT2D eigenvalue weighted by Gasteiger charge is -2.45. The number of hydrogen-bond acceptors (Lipinski definition) is 5. The van der Waals surface area contributed by atoms with Crippen LogP contribution >= 0.6 is 0 Å². The maximum absolute atomic E-state index is 14.5. The van der Waals surface area contributed by atoms with E-state index >= 15 is 0 Å². The van der Waals surface area contributed by atoms with Crippen LogP contribution in [0.5, 0.6) is 0 Å². The Labute approximate surface area is 306 Å². The molecule has 5 saturated heterocycles. The van der Waals surface area contributed by atoms with Gasteiger partial charge < -0.3 is 35.1 Å². The molecule has 0 bridgehead atoms. The van der Waals surface area contributed by atoms with Crippen LogP contribution in [-0.4, -0.2) is 67.9 Å². The van der Waals surface area contributed by atoms with E-state index in [4.69, 9.17) is 4.74 Å². The largest absolute Gasteiger partial charge is 0.357 e. The molecule has 7 heterocycles. The molecule has 4 aromatic rings. The van der Waals surface area contributed by atoms with E-state index in [1.165, 1.54) is 9.80 Å². The van der Waals surface area contributed by atoms with Crippen molar-refractivity contribution in [2.75, 3.05) is 13.1 Å². The van der Waals surface area contributed by atoms with E-state index in [2.05, 4.69) is 33.8 Å². The highest BCUT2D eigenvalue weighted by Gasteiger charge is 2.79. The number of aromatic amines is 2. The van der Waals surface area contributed by atoms with Gasteiger partial charge in [0.15, 0.2) is 0 Å². The highest BCUT2D eigenvalue weighted by molar-refractivity contribution is 6.13. The number of hydrogen-bond donors (Lipinski definition) is 4. The Hall–Kier alpha value is -5.68. The molecule has 2 aromatic carbocycles. The van der Waals surface area contributed by atoms with E-state index < -0.39 is 57.7 Å². The fourth-order valence-electron chi connectivity index (χ4n) is 9.44. The second kappa shape index (κ2) is 10.9. The van der Waals surface area contributed by atoms with E-state index in [1.54, 1.807) is 12.2 Å². The van der Waals surface area contributed by atoms with Gasteiger partial charge in [-0.3, -0.25) is 19.2 Å². The van der Waals surface area contributed by atoms with Gasteiger partial charge >= 0.3 is 0 Å². The second-order valence-corrected chi connectivity index (χ2v) is 16.0. The van der Waals surface area contributed by atoms with E-state index in [-0.39, 0.29) is 24.5 Å². The number of nitrogens with zero attached hydrogens (tertiary/aromatic N) is 2. The van der Waals surface area contributed by atoms with Crippen LogP contribution in [0.4, 0.5) is 0 Å². The Kier molecular flexibility index (Phi) is 6.84. The van der Waals surface area contributed by atoms with Gasteiger partial charge in [0, 0.05) is 80.1 Å². The molecule has 5 aliphatic heterocycles. The van der Waals surface area contributed by atoms with Crippen LogP contribution in [0.1, 0.15) is 63.1 Å². The Morgan fingerprint density at radius 1 is 0.679 bits per heavy atom. The molecule has 5 aliphatic rings. The first-order valence-electron chi connectivity index (χ1n) is 18.2. The summed E-state index contributed by atoms with van der Waals surface area (Å²) < 4.78 is 6.75. The number of ether oxygens (including phenoxy) is 1. The molecule has 0 saturated carbocycles. The predicted molar refractivity (Wildman–Crippen MR) is 201 cm³/mol. The summed E-state index contributed by atoms with van der Waals surface area (Å²) >= 11 is 0. The smallest absolute Gasteiger partial charge is 0.278 e. The molecular formula is C42H42N6O5. The first-order valence-corrected chi connectivity index (χ1v) is 18.2. The van der Waals surface area contributed by atoms with Crippen molar-refractivity contribution in [3.8, 4) is 0 Å². The molecule has 2 aromatic heterocycles. The minimum atomic E-state index is -1.74. The van der Waals surface area contributed by atoms with Crippen LogP contribution < -0.4 is 10.6 Å². The maximum Gasteiger partial charge on any atom is 0.278 e. The van der Waals surface area contributed by atoms with E-state index in [1.807, 2.05) is 88.4 Å². The third-order valence-corrected chi connectivity index (χ3v) is 12.4. The molecular weight excluding hydrogens is 668 g/mol. The quantitative estimate of drug-likeness (QED) is 0.158. The summed E-state index contributed by atoms with van der Waals surface area (Å²) in [7, 11) is 0. The van der Waals surface area contributed by atoms with Crippen LogP contribution in [0.3, 0.4) is 0 Å². The number of benzene rings is 2. The molecule has 0 unspecified atom stereocenters. The number of aromatic nitrogens is 2. The number of piperazine rings is 2. The molecule has 0 radical (unpaired) electrons. The molecule has 0 aliphatic carbocycles. The van der Waals surface area contributed by atoms with Gasteiger partial charge in [-0.2, -0.15) is 0 Å². The third kappa shape index (κ3) is 4.25. The summed E-state index contributed by atoms with van der Waals surface area (Å²) in [4.78, 5) is 67.7. The summed E-state index contributed by atoms with van der Waals surface area (Å²) in [5.41, 5.74) is 0.904. The zero-order chi connectivity index (χ0) is 37.2. The van der Waals surface area contributed by atoms with Crippen molar-refractivity contribution in [1.29, 1.82) is 0 Å². The van der Waals surface area contributed by atoms with Crippen LogP contribution in [-0.2, 0) is 34.7 Å². The number of allylic oxidation sites excluding steroid dienone is 2. The number of para-hydroxylation sites is 2. The van der Waals surface area contributed by atoms with Crippen LogP contribution in [0, 0.1) is 11.8 Å². The van der Waals surface area contributed by atoms with E-state index in [9.17, 15) is 19.2 Å². The summed E-state index contributed by atoms with van der Waals surface area (Å²) in [6, 6.07) is 15.6. The van der Waals surface area contributed by atoms with Crippen molar-refractivity contribution in [3.05, 3.63) is 108 Å². The highest BCUT2D eigenvalue weighted by atomic mass is 16.6. The average molecular weight is 711 g/mol. The lowest BCUT2D eigenvalue weighted by atomic mass is 9.79. The van der Waals surface area contributed by atoms with Crippen molar-refractivity contribution in [3.63, 3.8) is 0 Å². The molecule has 5 fully saturated rings. The minimum Gasteiger partial charge on any atom is -0.357 e. The van der Waals surface area contributed by atoms with Gasteiger partial charge in [0.2, 0.25) is 11.4 Å². The standard InChI is InChI=1S/C42H42N6O5/c1-7-39(3,4)33-25(23-13-9-11-15-29(23)43-33)21-31-35(49)47-19-17-27-28-18-20-48-36(50)32(46-38(52)42(28,48)53-41(27,47)37(51)45-31)22-26-24-14-10-12-16-30(24)44-34(26)40(5,6)8-2/h7-16,21-22,27-28,43-44H,1-2,17-20H2,3-6H3,(H,45,51)(H,46,52)/b31-21-,32-22-/t27-,28-,41-,42-/m1/s1. The van der Waals surface area contributed by atoms with Gasteiger partial charge in [0.05, 0.1) is 0 Å². The van der Waals surface area contributed by atoms with Gasteiger partial charge in [-0.05, 0) is 37.1 Å². The highest BCUT2D eigenvalue weighted by Crippen LogP contribution is 2.61. The minimum absolute atomic E-state index is 0.119. The van der Waals surface area contributed by atoms with Crippen LogP contribution in [0.15, 0.2) is 85.2 Å². The molecule has 53 heavy (non-hydrogen) atoms. The third-order valence-electron chi connectivity index (χ3n) is 12.4. The van der Waals surface area contributed by atoms with Gasteiger partial charge in [-0.1, -0.05) is 76.2 Å². The number of rotatable bonds is 6. The topological polar surface area (TPSA) is 140 Å². The molecule has 11 nitrogen and oxygen atoms in total. The zero-order valence-corrected chi connectivity index (χ0v) is 30.3. The zero-order valence-electron chi connectivity index (χ0n) is 30.3. The van der Waals surface area contributed by atoms with Crippen molar-refractivity contribution in [2.24, 2.45) is 11.8 Å². The molecule has 11 heteroatoms. The van der Waals surface area contributed by atoms with Crippen LogP contribution in [0.25, 0.3) is 34.0 Å². The van der Waals surface area contributed by atoms with Crippen molar-refractivity contribution >= 4 is 57.6 Å². The average Bonchev–Trinajstić information content (AvgIpc) is 3.94. The normalized spacial score (nSPS) is 28.4. The number of fused-ring (bicyclic) bond motifs is 3. The molecule has 4 N–H and O–H groups in total. The first-order chi connectivity index (χ1) is 25.3. The second-order valence-electron chi connectivity index (χ2n) is 16.0. The van der Waals surface area contributed by atoms with Gasteiger partial charge in [0.1, 0.15) is 11.4 Å². The van der Waals surface area contributed by atoms with E-state index in [0.717, 1.165) is 44.3 Å². The Morgan fingerprint density at radius 2 is 1.08 bits per heavy atom. The SMILES string of the molecule is C=CC(C)(C)c1[nH]c2ccccc2c1/C=C1\NC(=O)[C@]23O[C@]45C(=O)N/C(=C\c6c(C(C)(C)C=C)[nH]c7ccccc67)C(=O)N4CC[C@@H]5[C@H]2CCN3C1=O. The lowest BCUT2D eigenvalue weighted by Crippen LogP contribution is -2.70. The Bertz CT molecular complexity index is 2250. The molecule has 4 amide bonds. The van der Waals surface area contributed by atoms with Gasteiger partial charge in [0.25, 0.3) is 23.6 Å². The molecule has 4 atom stereocenters. The summed E-state index contributed by atoms with van der Waals surface area (Å²) in [6.45, 7) is 16.7. The monoisotopic (exact) mass is 710 g/mol. The van der Waals surface area contributed by atoms with Crippen molar-refractivity contribution in [2.45, 2.75) is 62.8 Å². The van der Waals surface area contributed by atoms with Gasteiger partial charge in [-0.15, -0.1) is 13.2 Å². The number of carbonyl (C=O) groups excluding carboxylic acids is 4. The Morgan fingerprint density at radius 3 is 1.47 bits per heavy atom. The summed E-state index contributed by atoms with van der Waals surface area (Å²) in [6.07, 6.45) is 8.04. The fraction of sp³-hybridized carbons (Fsp3) is 0.333. The van der Waals surface area contributed by atoms with Gasteiger partial charge in [-0.25, -0.2) is 0 Å². The molecule has 270 valence electrons. The maximum atomic E-state index is 14.5. The Balaban J connectivity index is 1.08. The van der Waals surface area contributed by atoms with Crippen molar-refractivity contribution in [1.82, 2.24) is 30.4 Å². The number of carbonyl (C=O) groups is 4. The number of H-pyrrole nitrogens is 2. The predicted octanol–water partition coefficient (Wildman–Crippen LogP) is 5.34. The lowest BCUT2D eigenvalue weighted by molar-refractivity contribution is -0.225. The fourth-order valence-corrected chi connectivity index (χ4v) is 9.44. The van der Waals surface area contributed by atoms with E-state index in [0.29, 0.717) is 12.8 Å². The summed E-state index contributed by atoms with van der Waals surface area (Å²) in [5, 5.41) is 7.60. The summed E-state index contributed by atoms with van der Waals surface area (Å²) in [5.74, 6) is -2.81. The number of amides is 4. The van der Waals surface area contributed by atoms with Crippen molar-refractivity contribution < 1.29 is 23.9 Å². The number of nitrogens with one attached hydrogen (secondary N) is 4. The first kappa shape index (κ1) is 33.2. The molecule has 9 rings (SSSR count).